The lowest BCUT2D eigenvalue weighted by molar-refractivity contribution is 0.174. The molecule has 5 nitrogen and oxygen atoms in total. The van der Waals surface area contributed by atoms with Crippen LogP contribution in [0.2, 0.25) is 0 Å². The monoisotopic (exact) mass is 289 g/mol. The van der Waals surface area contributed by atoms with Crippen molar-refractivity contribution in [2.24, 2.45) is 0 Å². The third-order valence-corrected chi connectivity index (χ3v) is 3.40. The Morgan fingerprint density at radius 1 is 1.14 bits per heavy atom. The Labute approximate surface area is 125 Å². The van der Waals surface area contributed by atoms with E-state index in [4.69, 9.17) is 9.63 Å². The van der Waals surface area contributed by atoms with Crippen LogP contribution in [0.5, 0.6) is 0 Å². The summed E-state index contributed by atoms with van der Waals surface area (Å²) in [6.07, 6.45) is 2.05. The van der Waals surface area contributed by atoms with Gasteiger partial charge in [-0.2, -0.15) is 4.98 Å². The summed E-state index contributed by atoms with van der Waals surface area (Å²) in [6, 6.07) is 8.21. The SMILES string of the molecule is CCCN(CCO)Cc1nc(-c2ccc(CC)cc2)no1. The van der Waals surface area contributed by atoms with E-state index < -0.39 is 0 Å². The lowest BCUT2D eigenvalue weighted by atomic mass is 10.1. The van der Waals surface area contributed by atoms with Gasteiger partial charge in [0.25, 0.3) is 0 Å². The van der Waals surface area contributed by atoms with Crippen molar-refractivity contribution in [3.63, 3.8) is 0 Å². The van der Waals surface area contributed by atoms with E-state index in [1.807, 2.05) is 12.1 Å². The number of benzene rings is 1. The van der Waals surface area contributed by atoms with Gasteiger partial charge in [0.05, 0.1) is 13.2 Å². The van der Waals surface area contributed by atoms with Gasteiger partial charge < -0.3 is 9.63 Å². The van der Waals surface area contributed by atoms with Gasteiger partial charge in [-0.15, -0.1) is 0 Å². The lowest BCUT2D eigenvalue weighted by Crippen LogP contribution is -2.27. The molecule has 0 amide bonds. The Bertz CT molecular complexity index is 531. The van der Waals surface area contributed by atoms with Crippen LogP contribution in [0.4, 0.5) is 0 Å². The zero-order valence-corrected chi connectivity index (χ0v) is 12.7. The second-order valence-electron chi connectivity index (χ2n) is 5.06. The van der Waals surface area contributed by atoms with Crippen LogP contribution in [-0.4, -0.2) is 39.8 Å². The summed E-state index contributed by atoms with van der Waals surface area (Å²) in [7, 11) is 0. The summed E-state index contributed by atoms with van der Waals surface area (Å²) in [5, 5.41) is 13.1. The van der Waals surface area contributed by atoms with Crippen molar-refractivity contribution in [1.29, 1.82) is 0 Å². The molecule has 2 rings (SSSR count). The molecule has 0 aliphatic heterocycles. The van der Waals surface area contributed by atoms with Crippen molar-refractivity contribution in [2.45, 2.75) is 33.2 Å². The third kappa shape index (κ3) is 4.37. The molecule has 0 saturated heterocycles. The highest BCUT2D eigenvalue weighted by atomic mass is 16.5. The highest BCUT2D eigenvalue weighted by Crippen LogP contribution is 2.17. The Balaban J connectivity index is 2.05. The molecule has 0 bridgehead atoms. The average molecular weight is 289 g/mol. The molecule has 0 aliphatic rings. The molecule has 2 aromatic rings. The second-order valence-corrected chi connectivity index (χ2v) is 5.06. The molecule has 1 aromatic carbocycles. The molecule has 0 atom stereocenters. The van der Waals surface area contributed by atoms with Crippen LogP contribution in [0.3, 0.4) is 0 Å². The van der Waals surface area contributed by atoms with Crippen molar-refractivity contribution < 1.29 is 9.63 Å². The maximum Gasteiger partial charge on any atom is 0.241 e. The molecule has 1 heterocycles. The van der Waals surface area contributed by atoms with Crippen LogP contribution in [0, 0.1) is 0 Å². The van der Waals surface area contributed by atoms with Gasteiger partial charge in [0.15, 0.2) is 0 Å². The van der Waals surface area contributed by atoms with Crippen LogP contribution >= 0.6 is 0 Å². The fourth-order valence-electron chi connectivity index (χ4n) is 2.24. The van der Waals surface area contributed by atoms with E-state index in [0.717, 1.165) is 24.9 Å². The molecule has 114 valence electrons. The molecule has 1 aromatic heterocycles. The van der Waals surface area contributed by atoms with Gasteiger partial charge in [-0.25, -0.2) is 0 Å². The molecule has 0 radical (unpaired) electrons. The first-order valence-electron chi connectivity index (χ1n) is 7.52. The number of aliphatic hydroxyl groups excluding tert-OH is 1. The van der Waals surface area contributed by atoms with Crippen molar-refractivity contribution in [3.05, 3.63) is 35.7 Å². The third-order valence-electron chi connectivity index (χ3n) is 3.40. The Hall–Kier alpha value is -1.72. The fourth-order valence-corrected chi connectivity index (χ4v) is 2.24. The molecule has 0 saturated carbocycles. The molecule has 5 heteroatoms. The Kier molecular flexibility index (Phi) is 5.90. The second kappa shape index (κ2) is 7.90. The van der Waals surface area contributed by atoms with Crippen LogP contribution in [0.25, 0.3) is 11.4 Å². The number of aromatic nitrogens is 2. The van der Waals surface area contributed by atoms with Gasteiger partial charge in [0.2, 0.25) is 11.7 Å². The van der Waals surface area contributed by atoms with Gasteiger partial charge in [-0.3, -0.25) is 4.90 Å². The predicted octanol–water partition coefficient (Wildman–Crippen LogP) is 2.50. The smallest absolute Gasteiger partial charge is 0.241 e. The number of hydrogen-bond acceptors (Lipinski definition) is 5. The summed E-state index contributed by atoms with van der Waals surface area (Å²) in [5.41, 5.74) is 2.26. The average Bonchev–Trinajstić information content (AvgIpc) is 2.96. The van der Waals surface area contributed by atoms with E-state index in [-0.39, 0.29) is 6.61 Å². The lowest BCUT2D eigenvalue weighted by Gasteiger charge is -2.17. The first-order chi connectivity index (χ1) is 10.3. The largest absolute Gasteiger partial charge is 0.395 e. The quantitative estimate of drug-likeness (QED) is 0.809. The standard InChI is InChI=1S/C16H23N3O2/c1-3-9-19(10-11-20)12-15-17-16(18-21-15)14-7-5-13(4-2)6-8-14/h5-8,20H,3-4,9-12H2,1-2H3. The molecule has 0 aliphatic carbocycles. The maximum absolute atomic E-state index is 9.07. The van der Waals surface area contributed by atoms with E-state index in [1.165, 1.54) is 5.56 Å². The summed E-state index contributed by atoms with van der Waals surface area (Å²) < 4.78 is 5.31. The zero-order chi connectivity index (χ0) is 15.1. The highest BCUT2D eigenvalue weighted by Gasteiger charge is 2.12. The number of aliphatic hydroxyl groups is 1. The number of nitrogens with zero attached hydrogens (tertiary/aromatic N) is 3. The van der Waals surface area contributed by atoms with E-state index in [2.05, 4.69) is 41.0 Å². The fraction of sp³-hybridized carbons (Fsp3) is 0.500. The van der Waals surface area contributed by atoms with Gasteiger partial charge in [0, 0.05) is 12.1 Å². The minimum Gasteiger partial charge on any atom is -0.395 e. The molecular formula is C16H23N3O2. The molecule has 0 unspecified atom stereocenters. The van der Waals surface area contributed by atoms with Gasteiger partial charge in [0.1, 0.15) is 0 Å². The first-order valence-corrected chi connectivity index (χ1v) is 7.52. The molecule has 1 N–H and O–H groups in total. The van der Waals surface area contributed by atoms with E-state index >= 15 is 0 Å². The molecule has 0 spiro atoms. The summed E-state index contributed by atoms with van der Waals surface area (Å²) in [5.74, 6) is 1.21. The first kappa shape index (κ1) is 15.7. The molecular weight excluding hydrogens is 266 g/mol. The maximum atomic E-state index is 9.07. The molecule has 0 fully saturated rings. The van der Waals surface area contributed by atoms with Crippen molar-refractivity contribution >= 4 is 0 Å². The minimum atomic E-state index is 0.138. The minimum absolute atomic E-state index is 0.138. The van der Waals surface area contributed by atoms with Crippen LogP contribution in [-0.2, 0) is 13.0 Å². The van der Waals surface area contributed by atoms with Crippen molar-refractivity contribution in [1.82, 2.24) is 15.0 Å². The summed E-state index contributed by atoms with van der Waals surface area (Å²) in [6.45, 7) is 6.48. The number of rotatable bonds is 8. The number of aryl methyl sites for hydroxylation is 1. The normalized spacial score (nSPS) is 11.2. The van der Waals surface area contributed by atoms with Gasteiger partial charge >= 0.3 is 0 Å². The Morgan fingerprint density at radius 3 is 2.52 bits per heavy atom. The Morgan fingerprint density at radius 2 is 1.90 bits per heavy atom. The summed E-state index contributed by atoms with van der Waals surface area (Å²) in [4.78, 5) is 6.55. The van der Waals surface area contributed by atoms with E-state index in [1.54, 1.807) is 0 Å². The summed E-state index contributed by atoms with van der Waals surface area (Å²) >= 11 is 0. The highest BCUT2D eigenvalue weighted by molar-refractivity contribution is 5.54. The van der Waals surface area contributed by atoms with Crippen LogP contribution in [0.1, 0.15) is 31.7 Å². The predicted molar refractivity (Wildman–Crippen MR) is 81.8 cm³/mol. The van der Waals surface area contributed by atoms with Crippen molar-refractivity contribution in [3.8, 4) is 11.4 Å². The number of hydrogen-bond donors (Lipinski definition) is 1. The topological polar surface area (TPSA) is 62.4 Å². The van der Waals surface area contributed by atoms with Gasteiger partial charge in [-0.1, -0.05) is 43.3 Å². The zero-order valence-electron chi connectivity index (χ0n) is 12.7. The van der Waals surface area contributed by atoms with Crippen LogP contribution in [0.15, 0.2) is 28.8 Å². The molecule has 21 heavy (non-hydrogen) atoms. The van der Waals surface area contributed by atoms with Crippen LogP contribution < -0.4 is 0 Å². The van der Waals surface area contributed by atoms with Gasteiger partial charge in [-0.05, 0) is 24.9 Å². The van der Waals surface area contributed by atoms with Crippen molar-refractivity contribution in [2.75, 3.05) is 19.7 Å². The van der Waals surface area contributed by atoms with E-state index in [9.17, 15) is 0 Å². The van der Waals surface area contributed by atoms with E-state index in [0.29, 0.717) is 24.8 Å².